The van der Waals surface area contributed by atoms with Crippen molar-refractivity contribution in [2.45, 2.75) is 37.9 Å². The van der Waals surface area contributed by atoms with Gasteiger partial charge in [0.2, 0.25) is 5.91 Å². The zero-order valence-electron chi connectivity index (χ0n) is 14.3. The van der Waals surface area contributed by atoms with Crippen LogP contribution in [0.5, 0.6) is 0 Å². The molecule has 0 saturated carbocycles. The van der Waals surface area contributed by atoms with Crippen LogP contribution in [-0.2, 0) is 14.3 Å². The minimum atomic E-state index is -0.352. The van der Waals surface area contributed by atoms with Gasteiger partial charge in [-0.15, -0.1) is 0 Å². The van der Waals surface area contributed by atoms with E-state index in [9.17, 15) is 9.18 Å². The van der Waals surface area contributed by atoms with Gasteiger partial charge in [-0.1, -0.05) is 6.07 Å². The lowest BCUT2D eigenvalue weighted by Gasteiger charge is -2.44. The molecule has 2 saturated heterocycles. The zero-order valence-corrected chi connectivity index (χ0v) is 14.3. The van der Waals surface area contributed by atoms with Crippen molar-refractivity contribution < 1.29 is 18.7 Å². The number of methoxy groups -OCH3 is 1. The molecule has 0 unspecified atom stereocenters. The van der Waals surface area contributed by atoms with Gasteiger partial charge in [0, 0.05) is 32.5 Å². The molecule has 2 fully saturated rings. The van der Waals surface area contributed by atoms with E-state index in [1.54, 1.807) is 13.2 Å². The lowest BCUT2D eigenvalue weighted by molar-refractivity contribution is -0.146. The number of anilines is 1. The molecule has 0 aromatic heterocycles. The predicted octanol–water partition coefficient (Wildman–Crippen LogP) is 2.34. The fourth-order valence-corrected chi connectivity index (χ4v) is 3.81. The molecule has 6 heteroatoms. The number of carbonyl (C=O) groups is 1. The number of piperidine rings is 1. The Balaban J connectivity index is 1.61. The summed E-state index contributed by atoms with van der Waals surface area (Å²) >= 11 is 0. The summed E-state index contributed by atoms with van der Waals surface area (Å²) < 4.78 is 25.0. The Kier molecular flexibility index (Phi) is 5.18. The molecule has 5 nitrogen and oxygen atoms in total. The average molecular weight is 336 g/mol. The van der Waals surface area contributed by atoms with Gasteiger partial charge in [0.15, 0.2) is 0 Å². The molecule has 1 N–H and O–H groups in total. The number of carbonyl (C=O) groups excluding carboxylic acids is 1. The van der Waals surface area contributed by atoms with Crippen molar-refractivity contribution in [2.24, 2.45) is 0 Å². The van der Waals surface area contributed by atoms with Crippen LogP contribution in [0.3, 0.4) is 0 Å². The van der Waals surface area contributed by atoms with Crippen LogP contribution in [0.4, 0.5) is 10.1 Å². The number of aryl methyl sites for hydroxylation is 1. The summed E-state index contributed by atoms with van der Waals surface area (Å²) in [4.78, 5) is 14.5. The number of halogens is 1. The maximum absolute atomic E-state index is 13.3. The quantitative estimate of drug-likeness (QED) is 0.917. The first kappa shape index (κ1) is 17.3. The van der Waals surface area contributed by atoms with Gasteiger partial charge in [0.25, 0.3) is 0 Å². The number of hydrogen-bond acceptors (Lipinski definition) is 4. The van der Waals surface area contributed by atoms with Crippen molar-refractivity contribution in [3.63, 3.8) is 0 Å². The first-order valence-electron chi connectivity index (χ1n) is 8.47. The lowest BCUT2D eigenvalue weighted by Crippen LogP contribution is -2.58. The second-order valence-electron chi connectivity index (χ2n) is 6.75. The van der Waals surface area contributed by atoms with E-state index in [-0.39, 0.29) is 30.0 Å². The molecule has 1 aromatic carbocycles. The van der Waals surface area contributed by atoms with Gasteiger partial charge < -0.3 is 14.8 Å². The Hall–Kier alpha value is -1.50. The summed E-state index contributed by atoms with van der Waals surface area (Å²) in [7, 11) is 1.73. The molecule has 1 aromatic rings. The number of amides is 1. The predicted molar refractivity (Wildman–Crippen MR) is 89.5 cm³/mol. The molecule has 0 bridgehead atoms. The molecule has 2 aliphatic rings. The van der Waals surface area contributed by atoms with Crippen molar-refractivity contribution in [3.05, 3.63) is 29.6 Å². The van der Waals surface area contributed by atoms with Gasteiger partial charge in [-0.3, -0.25) is 9.69 Å². The van der Waals surface area contributed by atoms with Gasteiger partial charge in [-0.05, 0) is 43.9 Å². The Morgan fingerprint density at radius 3 is 3.08 bits per heavy atom. The molecule has 3 rings (SSSR count). The highest BCUT2D eigenvalue weighted by molar-refractivity contribution is 5.92. The molecule has 132 valence electrons. The molecular weight excluding hydrogens is 311 g/mol. The van der Waals surface area contributed by atoms with Crippen LogP contribution >= 0.6 is 0 Å². The molecule has 1 amide bonds. The Bertz CT molecular complexity index is 602. The summed E-state index contributed by atoms with van der Waals surface area (Å²) in [6.45, 7) is 4.36. The summed E-state index contributed by atoms with van der Waals surface area (Å²) in [6.07, 6.45) is 2.93. The fourth-order valence-electron chi connectivity index (χ4n) is 3.81. The van der Waals surface area contributed by atoms with Crippen LogP contribution in [0.25, 0.3) is 0 Å². The summed E-state index contributed by atoms with van der Waals surface area (Å²) in [5.74, 6) is -0.483. The molecule has 2 atom stereocenters. The topological polar surface area (TPSA) is 50.8 Å². The maximum atomic E-state index is 13.3. The summed E-state index contributed by atoms with van der Waals surface area (Å²) in [5, 5.41) is 2.81. The van der Waals surface area contributed by atoms with E-state index in [4.69, 9.17) is 9.47 Å². The molecule has 0 aliphatic carbocycles. The zero-order chi connectivity index (χ0) is 17.2. The fraction of sp³-hybridized carbons (Fsp3) is 0.611. The van der Waals surface area contributed by atoms with Crippen LogP contribution in [-0.4, -0.2) is 55.9 Å². The van der Waals surface area contributed by atoms with E-state index in [2.05, 4.69) is 10.2 Å². The first-order valence-corrected chi connectivity index (χ1v) is 8.47. The molecule has 2 aliphatic heterocycles. The van der Waals surface area contributed by atoms with Gasteiger partial charge >= 0.3 is 0 Å². The minimum absolute atomic E-state index is 0.0878. The third-order valence-electron chi connectivity index (χ3n) is 5.04. The highest BCUT2D eigenvalue weighted by atomic mass is 19.1. The third-order valence-corrected chi connectivity index (χ3v) is 5.04. The summed E-state index contributed by atoms with van der Waals surface area (Å²) in [6, 6.07) is 4.41. The summed E-state index contributed by atoms with van der Waals surface area (Å²) in [5.41, 5.74) is 1.08. The Morgan fingerprint density at radius 2 is 2.38 bits per heavy atom. The van der Waals surface area contributed by atoms with E-state index in [1.165, 1.54) is 12.1 Å². The Morgan fingerprint density at radius 1 is 1.54 bits per heavy atom. The number of likely N-dealkylation sites (tertiary alicyclic amines) is 1. The molecule has 24 heavy (non-hydrogen) atoms. The van der Waals surface area contributed by atoms with E-state index >= 15 is 0 Å². The molecule has 0 radical (unpaired) electrons. The number of nitrogens with one attached hydrogen (secondary N) is 1. The highest BCUT2D eigenvalue weighted by Crippen LogP contribution is 2.36. The second-order valence-corrected chi connectivity index (χ2v) is 6.75. The molecule has 2 heterocycles. The smallest absolute Gasteiger partial charge is 0.238 e. The van der Waals surface area contributed by atoms with Crippen molar-refractivity contribution in [2.75, 3.05) is 38.7 Å². The standard InChI is InChI=1S/C18H25FN2O3/c1-13-4-5-14(19)10-15(13)20-17(22)11-21-8-6-16(23-2)18(12-21)7-3-9-24-18/h4-5,10,16H,3,6-9,11-12H2,1-2H3,(H,20,22)/t16-,18-/m0/s1. The average Bonchev–Trinajstić information content (AvgIpc) is 3.00. The minimum Gasteiger partial charge on any atom is -0.378 e. The maximum Gasteiger partial charge on any atom is 0.238 e. The third kappa shape index (κ3) is 3.61. The van der Waals surface area contributed by atoms with Crippen molar-refractivity contribution >= 4 is 11.6 Å². The Labute approximate surface area is 142 Å². The van der Waals surface area contributed by atoms with Gasteiger partial charge in [0.05, 0.1) is 12.6 Å². The van der Waals surface area contributed by atoms with Crippen molar-refractivity contribution in [3.8, 4) is 0 Å². The second kappa shape index (κ2) is 7.17. The highest BCUT2D eigenvalue weighted by Gasteiger charge is 2.47. The molecule has 1 spiro atoms. The van der Waals surface area contributed by atoms with Crippen LogP contribution < -0.4 is 5.32 Å². The van der Waals surface area contributed by atoms with Gasteiger partial charge in [-0.25, -0.2) is 4.39 Å². The van der Waals surface area contributed by atoms with Crippen LogP contribution in [0.15, 0.2) is 18.2 Å². The van der Waals surface area contributed by atoms with Crippen LogP contribution in [0, 0.1) is 12.7 Å². The van der Waals surface area contributed by atoms with E-state index in [0.717, 1.165) is 38.0 Å². The largest absolute Gasteiger partial charge is 0.378 e. The van der Waals surface area contributed by atoms with E-state index in [0.29, 0.717) is 12.2 Å². The number of nitrogens with zero attached hydrogens (tertiary/aromatic N) is 1. The number of ether oxygens (including phenoxy) is 2. The monoisotopic (exact) mass is 336 g/mol. The SMILES string of the molecule is CO[C@H]1CCN(CC(=O)Nc2cc(F)ccc2C)C[C@@]12CCCO2. The van der Waals surface area contributed by atoms with Crippen molar-refractivity contribution in [1.82, 2.24) is 4.90 Å². The number of benzene rings is 1. The van der Waals surface area contributed by atoms with Gasteiger partial charge in [0.1, 0.15) is 11.4 Å². The van der Waals surface area contributed by atoms with E-state index < -0.39 is 0 Å². The van der Waals surface area contributed by atoms with Crippen molar-refractivity contribution in [1.29, 1.82) is 0 Å². The van der Waals surface area contributed by atoms with Crippen LogP contribution in [0.2, 0.25) is 0 Å². The lowest BCUT2D eigenvalue weighted by atomic mass is 9.87. The molecular formula is C18H25FN2O3. The van der Waals surface area contributed by atoms with Crippen LogP contribution in [0.1, 0.15) is 24.8 Å². The van der Waals surface area contributed by atoms with E-state index in [1.807, 2.05) is 6.92 Å². The normalized spacial score (nSPS) is 27.5. The first-order chi connectivity index (χ1) is 11.5. The number of rotatable bonds is 4. The van der Waals surface area contributed by atoms with Gasteiger partial charge in [-0.2, -0.15) is 0 Å². The number of hydrogen-bond donors (Lipinski definition) is 1.